The minimum atomic E-state index is -2.94. The normalized spacial score (nSPS) is 13.7. The number of nitrogens with zero attached hydrogens (tertiary/aromatic N) is 2. The Labute approximate surface area is 116 Å². The summed E-state index contributed by atoms with van der Waals surface area (Å²) in [6.45, 7) is 11.2. The fraction of sp³-hybridized carbons (Fsp3) is 0.769. The van der Waals surface area contributed by atoms with Crippen LogP contribution in [0.15, 0.2) is 0 Å². The fourth-order valence-corrected chi connectivity index (χ4v) is 3.07. The van der Waals surface area contributed by atoms with Crippen LogP contribution in [0.1, 0.15) is 43.8 Å². The van der Waals surface area contributed by atoms with Crippen molar-refractivity contribution in [3.05, 3.63) is 17.0 Å². The zero-order chi connectivity index (χ0) is 14.6. The summed E-state index contributed by atoms with van der Waals surface area (Å²) < 4.78 is 24.9. The Morgan fingerprint density at radius 3 is 2.47 bits per heavy atom. The van der Waals surface area contributed by atoms with E-state index in [2.05, 4.69) is 24.3 Å². The van der Waals surface area contributed by atoms with Crippen LogP contribution >= 0.6 is 0 Å². The lowest BCUT2D eigenvalue weighted by Gasteiger charge is -2.13. The van der Waals surface area contributed by atoms with Gasteiger partial charge in [0, 0.05) is 23.1 Å². The highest BCUT2D eigenvalue weighted by Crippen LogP contribution is 2.21. The highest BCUT2D eigenvalue weighted by atomic mass is 32.2. The van der Waals surface area contributed by atoms with E-state index >= 15 is 0 Å². The van der Waals surface area contributed by atoms with E-state index in [1.807, 2.05) is 18.5 Å². The number of nitrogens with one attached hydrogen (secondary N) is 1. The zero-order valence-corrected chi connectivity index (χ0v) is 13.3. The molecule has 0 spiro atoms. The van der Waals surface area contributed by atoms with Crippen molar-refractivity contribution in [2.75, 3.05) is 18.1 Å². The second kappa shape index (κ2) is 6.52. The molecule has 6 heteroatoms. The predicted molar refractivity (Wildman–Crippen MR) is 78.1 cm³/mol. The Bertz CT molecular complexity index is 520. The van der Waals surface area contributed by atoms with Crippen LogP contribution in [0.3, 0.4) is 0 Å². The maximum Gasteiger partial charge on any atom is 0.151 e. The van der Waals surface area contributed by atoms with Crippen LogP contribution in [0.2, 0.25) is 0 Å². The Balaban J connectivity index is 2.91. The molecule has 0 amide bonds. The lowest BCUT2D eigenvalue weighted by Crippen LogP contribution is -2.19. The molecule has 0 aliphatic heterocycles. The smallest absolute Gasteiger partial charge is 0.151 e. The molecule has 1 N–H and O–H groups in total. The summed E-state index contributed by atoms with van der Waals surface area (Å²) in [5.41, 5.74) is 3.20. The molecule has 19 heavy (non-hydrogen) atoms. The van der Waals surface area contributed by atoms with Crippen LogP contribution in [-0.2, 0) is 16.4 Å². The minimum absolute atomic E-state index is 0.153. The molecule has 0 aliphatic rings. The largest absolute Gasteiger partial charge is 0.310 e. The van der Waals surface area contributed by atoms with E-state index in [-0.39, 0.29) is 17.5 Å². The second-order valence-electron chi connectivity index (χ2n) is 4.82. The molecule has 1 rings (SSSR count). The summed E-state index contributed by atoms with van der Waals surface area (Å²) in [6, 6.07) is 0.238. The Morgan fingerprint density at radius 1 is 1.32 bits per heavy atom. The molecule has 0 fully saturated rings. The van der Waals surface area contributed by atoms with E-state index in [9.17, 15) is 8.42 Å². The van der Waals surface area contributed by atoms with Gasteiger partial charge in [-0.15, -0.1) is 0 Å². The monoisotopic (exact) mass is 287 g/mol. The van der Waals surface area contributed by atoms with Gasteiger partial charge in [0.1, 0.15) is 0 Å². The summed E-state index contributed by atoms with van der Waals surface area (Å²) in [7, 11) is -2.94. The third kappa shape index (κ3) is 4.04. The first kappa shape index (κ1) is 16.2. The van der Waals surface area contributed by atoms with Crippen LogP contribution in [0.5, 0.6) is 0 Å². The van der Waals surface area contributed by atoms with E-state index in [4.69, 9.17) is 0 Å². The molecule has 0 bridgehead atoms. The highest BCUT2D eigenvalue weighted by molar-refractivity contribution is 7.91. The molecule has 1 unspecified atom stereocenters. The van der Waals surface area contributed by atoms with E-state index in [0.717, 1.165) is 17.9 Å². The second-order valence-corrected chi connectivity index (χ2v) is 7.30. The molecule has 5 nitrogen and oxygen atoms in total. The lowest BCUT2D eigenvalue weighted by atomic mass is 10.1. The van der Waals surface area contributed by atoms with Gasteiger partial charge in [0.25, 0.3) is 0 Å². The number of aromatic nitrogens is 2. The minimum Gasteiger partial charge on any atom is -0.310 e. The van der Waals surface area contributed by atoms with Crippen molar-refractivity contribution in [2.24, 2.45) is 0 Å². The Kier molecular flexibility index (Phi) is 5.55. The maximum atomic E-state index is 11.6. The molecule has 0 aliphatic carbocycles. The average Bonchev–Trinajstić information content (AvgIpc) is 2.62. The van der Waals surface area contributed by atoms with Crippen molar-refractivity contribution in [1.29, 1.82) is 0 Å². The van der Waals surface area contributed by atoms with E-state index in [0.29, 0.717) is 6.54 Å². The Morgan fingerprint density at radius 2 is 1.95 bits per heavy atom. The molecule has 0 aromatic carbocycles. The van der Waals surface area contributed by atoms with Gasteiger partial charge in [0.2, 0.25) is 0 Å². The van der Waals surface area contributed by atoms with Crippen molar-refractivity contribution < 1.29 is 8.42 Å². The van der Waals surface area contributed by atoms with Crippen molar-refractivity contribution in [3.8, 4) is 0 Å². The summed E-state index contributed by atoms with van der Waals surface area (Å²) in [5.74, 6) is 0.341. The quantitative estimate of drug-likeness (QED) is 0.827. The fourth-order valence-electron chi connectivity index (χ4n) is 2.33. The van der Waals surface area contributed by atoms with Crippen molar-refractivity contribution in [3.63, 3.8) is 0 Å². The van der Waals surface area contributed by atoms with Crippen LogP contribution in [0.25, 0.3) is 0 Å². The molecule has 1 aromatic heterocycles. The predicted octanol–water partition coefficient (Wildman–Crippen LogP) is 1.61. The number of hydrogen-bond acceptors (Lipinski definition) is 4. The van der Waals surface area contributed by atoms with Gasteiger partial charge < -0.3 is 5.32 Å². The average molecular weight is 287 g/mol. The molecular weight excluding hydrogens is 262 g/mol. The van der Waals surface area contributed by atoms with Gasteiger partial charge in [-0.25, -0.2) is 8.42 Å². The summed E-state index contributed by atoms with van der Waals surface area (Å²) in [4.78, 5) is 0. The van der Waals surface area contributed by atoms with Gasteiger partial charge >= 0.3 is 0 Å². The van der Waals surface area contributed by atoms with E-state index in [1.165, 1.54) is 5.56 Å². The standard InChI is InChI=1S/C13H25N3O2S/c1-6-14-10(3)13-11(4)15-16(12(13)5)8-9-19(17,18)7-2/h10,14H,6-9H2,1-5H3. The third-order valence-corrected chi connectivity index (χ3v) is 5.12. The molecule has 110 valence electrons. The first-order valence-electron chi connectivity index (χ1n) is 6.80. The molecule has 1 aromatic rings. The summed E-state index contributed by atoms with van der Waals surface area (Å²) in [6.07, 6.45) is 0. The number of aryl methyl sites for hydroxylation is 2. The van der Waals surface area contributed by atoms with Crippen LogP contribution in [0, 0.1) is 13.8 Å². The molecule has 0 saturated carbocycles. The highest BCUT2D eigenvalue weighted by Gasteiger charge is 2.17. The van der Waals surface area contributed by atoms with Gasteiger partial charge in [-0.3, -0.25) is 4.68 Å². The number of sulfone groups is 1. The molecular formula is C13H25N3O2S. The molecule has 1 heterocycles. The summed E-state index contributed by atoms with van der Waals surface area (Å²) in [5, 5.41) is 7.83. The van der Waals surface area contributed by atoms with Crippen LogP contribution < -0.4 is 5.32 Å². The van der Waals surface area contributed by atoms with E-state index < -0.39 is 9.84 Å². The van der Waals surface area contributed by atoms with Crippen molar-refractivity contribution in [2.45, 2.75) is 47.2 Å². The SMILES string of the molecule is CCNC(C)c1c(C)nn(CCS(=O)(=O)CC)c1C. The first-order valence-corrected chi connectivity index (χ1v) is 8.62. The van der Waals surface area contributed by atoms with E-state index in [1.54, 1.807) is 6.92 Å². The van der Waals surface area contributed by atoms with Gasteiger partial charge in [-0.05, 0) is 27.3 Å². The number of hydrogen-bond donors (Lipinski definition) is 1. The third-order valence-electron chi connectivity index (χ3n) is 3.43. The number of rotatable bonds is 7. The van der Waals surface area contributed by atoms with Crippen molar-refractivity contribution in [1.82, 2.24) is 15.1 Å². The summed E-state index contributed by atoms with van der Waals surface area (Å²) >= 11 is 0. The molecule has 0 radical (unpaired) electrons. The van der Waals surface area contributed by atoms with Crippen LogP contribution in [-0.4, -0.2) is 36.2 Å². The molecule has 1 atom stereocenters. The van der Waals surface area contributed by atoms with Crippen LogP contribution in [0.4, 0.5) is 0 Å². The van der Waals surface area contributed by atoms with Crippen molar-refractivity contribution >= 4 is 9.84 Å². The lowest BCUT2D eigenvalue weighted by molar-refractivity contribution is 0.573. The Hall–Kier alpha value is -0.880. The zero-order valence-electron chi connectivity index (χ0n) is 12.5. The van der Waals surface area contributed by atoms with Gasteiger partial charge in [0.05, 0.1) is 18.0 Å². The molecule has 0 saturated heterocycles. The maximum absolute atomic E-state index is 11.6. The first-order chi connectivity index (χ1) is 8.82. The van der Waals surface area contributed by atoms with Gasteiger partial charge in [-0.1, -0.05) is 13.8 Å². The van der Waals surface area contributed by atoms with Gasteiger partial charge in [0.15, 0.2) is 9.84 Å². The van der Waals surface area contributed by atoms with Gasteiger partial charge in [-0.2, -0.15) is 5.10 Å². The topological polar surface area (TPSA) is 64.0 Å².